The first-order valence-corrected chi connectivity index (χ1v) is 8.06. The van der Waals surface area contributed by atoms with Gasteiger partial charge in [0.2, 0.25) is 0 Å². The molecule has 0 radical (unpaired) electrons. The van der Waals surface area contributed by atoms with Gasteiger partial charge in [0.1, 0.15) is 0 Å². The maximum absolute atomic E-state index is 12.3. The van der Waals surface area contributed by atoms with Gasteiger partial charge in [-0.1, -0.05) is 6.07 Å². The second-order valence-corrected chi connectivity index (χ2v) is 6.76. The van der Waals surface area contributed by atoms with E-state index in [2.05, 4.69) is 25.6 Å². The number of halogens is 1. The van der Waals surface area contributed by atoms with E-state index in [1.54, 1.807) is 19.1 Å². The van der Waals surface area contributed by atoms with E-state index in [0.717, 1.165) is 6.07 Å². The van der Waals surface area contributed by atoms with Crippen molar-refractivity contribution in [1.29, 1.82) is 0 Å². The fourth-order valence-corrected chi connectivity index (χ4v) is 3.19. The lowest BCUT2D eigenvalue weighted by Crippen LogP contribution is -2.15. The smallest absolute Gasteiger partial charge is 0.335 e. The molecule has 8 heteroatoms. The van der Waals surface area contributed by atoms with Gasteiger partial charge in [0, 0.05) is 6.20 Å². The molecule has 0 unspecified atom stereocenters. The summed E-state index contributed by atoms with van der Waals surface area (Å²) in [5, 5.41) is 9.05. The van der Waals surface area contributed by atoms with Crippen LogP contribution < -0.4 is 4.72 Å². The molecule has 0 saturated carbocycles. The van der Waals surface area contributed by atoms with Crippen LogP contribution in [0.3, 0.4) is 0 Å². The van der Waals surface area contributed by atoms with Gasteiger partial charge in [0.05, 0.1) is 14.9 Å². The number of rotatable bonds is 4. The summed E-state index contributed by atoms with van der Waals surface area (Å²) in [6.07, 6.45) is 1.44. The van der Waals surface area contributed by atoms with Crippen molar-refractivity contribution in [3.63, 3.8) is 0 Å². The number of nitrogens with zero attached hydrogens (tertiary/aromatic N) is 1. The van der Waals surface area contributed by atoms with Gasteiger partial charge >= 0.3 is 5.97 Å². The summed E-state index contributed by atoms with van der Waals surface area (Å²) in [6.45, 7) is 1.60. The third-order valence-electron chi connectivity index (χ3n) is 2.74. The maximum Gasteiger partial charge on any atom is 0.335 e. The molecule has 0 bridgehead atoms. The topological polar surface area (TPSA) is 96.4 Å². The first kappa shape index (κ1) is 15.5. The molecule has 1 aromatic carbocycles. The molecular weight excluding hydrogens is 360 g/mol. The third kappa shape index (κ3) is 3.40. The molecule has 1 heterocycles. The number of aromatic nitrogens is 1. The van der Waals surface area contributed by atoms with E-state index in [1.807, 2.05) is 0 Å². The molecule has 0 fully saturated rings. The van der Waals surface area contributed by atoms with Crippen LogP contribution in [0.1, 0.15) is 15.9 Å². The molecule has 0 spiro atoms. The number of anilines is 1. The Kier molecular flexibility index (Phi) is 4.29. The Bertz CT molecular complexity index is 806. The van der Waals surface area contributed by atoms with Crippen molar-refractivity contribution in [2.75, 3.05) is 4.72 Å². The van der Waals surface area contributed by atoms with Crippen LogP contribution in [-0.4, -0.2) is 24.5 Å². The Hall–Kier alpha value is -1.93. The maximum atomic E-state index is 12.3. The van der Waals surface area contributed by atoms with Gasteiger partial charge in [0.25, 0.3) is 10.0 Å². The second-order valence-electron chi connectivity index (χ2n) is 4.22. The van der Waals surface area contributed by atoms with Crippen LogP contribution in [0, 0.1) is 6.92 Å². The van der Waals surface area contributed by atoms with Crippen molar-refractivity contribution in [2.24, 2.45) is 0 Å². The van der Waals surface area contributed by atoms with E-state index in [1.165, 1.54) is 18.3 Å². The standard InChI is InChI=1S/C13H11BrN2O4S/c1-8-4-5-9(7-10(8)13(17)18)21(19,20)16-12-11(14)3-2-6-15-12/h2-7H,1H3,(H,15,16)(H,17,18). The van der Waals surface area contributed by atoms with E-state index in [4.69, 9.17) is 5.11 Å². The van der Waals surface area contributed by atoms with Gasteiger partial charge in [-0.15, -0.1) is 0 Å². The normalized spacial score (nSPS) is 11.1. The molecule has 21 heavy (non-hydrogen) atoms. The summed E-state index contributed by atoms with van der Waals surface area (Å²) in [7, 11) is -3.91. The van der Waals surface area contributed by atoms with Crippen LogP contribution in [0.15, 0.2) is 45.9 Å². The Morgan fingerprint density at radius 2 is 2.05 bits per heavy atom. The van der Waals surface area contributed by atoms with Crippen LogP contribution in [0.5, 0.6) is 0 Å². The fourth-order valence-electron chi connectivity index (χ4n) is 1.65. The number of carboxylic acid groups (broad SMARTS) is 1. The lowest BCUT2D eigenvalue weighted by molar-refractivity contribution is 0.0696. The Balaban J connectivity index is 2.43. The predicted octanol–water partition coefficient (Wildman–Crippen LogP) is 2.65. The molecular formula is C13H11BrN2O4S. The van der Waals surface area contributed by atoms with Crippen molar-refractivity contribution in [1.82, 2.24) is 4.98 Å². The summed E-state index contributed by atoms with van der Waals surface area (Å²) < 4.78 is 27.3. The van der Waals surface area contributed by atoms with Crippen LogP contribution in [0.25, 0.3) is 0 Å². The number of carboxylic acids is 1. The Labute approximate surface area is 130 Å². The average Bonchev–Trinajstić information content (AvgIpc) is 2.41. The number of nitrogens with one attached hydrogen (secondary N) is 1. The van der Waals surface area contributed by atoms with Crippen LogP contribution >= 0.6 is 15.9 Å². The minimum absolute atomic E-state index is 0.0574. The van der Waals surface area contributed by atoms with Gasteiger partial charge in [-0.2, -0.15) is 0 Å². The van der Waals surface area contributed by atoms with Gasteiger partial charge in [-0.3, -0.25) is 4.72 Å². The lowest BCUT2D eigenvalue weighted by Gasteiger charge is -2.10. The number of hydrogen-bond acceptors (Lipinski definition) is 4. The predicted molar refractivity (Wildman–Crippen MR) is 80.9 cm³/mol. The Morgan fingerprint density at radius 1 is 1.33 bits per heavy atom. The molecule has 2 aromatic rings. The van der Waals surface area contributed by atoms with Crippen LogP contribution in [0.4, 0.5) is 5.82 Å². The van der Waals surface area contributed by atoms with E-state index in [0.29, 0.717) is 10.0 Å². The summed E-state index contributed by atoms with van der Waals surface area (Å²) in [5.41, 5.74) is 0.429. The van der Waals surface area contributed by atoms with Gasteiger partial charge < -0.3 is 5.11 Å². The summed E-state index contributed by atoms with van der Waals surface area (Å²) >= 11 is 3.19. The molecule has 6 nitrogen and oxygen atoms in total. The third-order valence-corrected chi connectivity index (χ3v) is 4.72. The van der Waals surface area contributed by atoms with Crippen molar-refractivity contribution in [3.8, 4) is 0 Å². The quantitative estimate of drug-likeness (QED) is 0.862. The molecule has 2 N–H and O–H groups in total. The van der Waals surface area contributed by atoms with Crippen molar-refractivity contribution in [3.05, 3.63) is 52.1 Å². The molecule has 0 atom stereocenters. The van der Waals surface area contributed by atoms with Gasteiger partial charge in [0.15, 0.2) is 5.82 Å². The highest BCUT2D eigenvalue weighted by molar-refractivity contribution is 9.10. The fraction of sp³-hybridized carbons (Fsp3) is 0.0769. The molecule has 0 aliphatic carbocycles. The second kappa shape index (κ2) is 5.82. The number of aryl methyl sites for hydroxylation is 1. The summed E-state index contributed by atoms with van der Waals surface area (Å²) in [4.78, 5) is 14.9. The van der Waals surface area contributed by atoms with E-state index < -0.39 is 16.0 Å². The summed E-state index contributed by atoms with van der Waals surface area (Å²) in [5.74, 6) is -1.04. The minimum Gasteiger partial charge on any atom is -0.478 e. The lowest BCUT2D eigenvalue weighted by atomic mass is 10.1. The van der Waals surface area contributed by atoms with Crippen molar-refractivity contribution < 1.29 is 18.3 Å². The molecule has 0 aliphatic heterocycles. The molecule has 1 aromatic heterocycles. The Morgan fingerprint density at radius 3 is 2.67 bits per heavy atom. The van der Waals surface area contributed by atoms with E-state index in [-0.39, 0.29) is 16.3 Å². The number of pyridine rings is 1. The van der Waals surface area contributed by atoms with Crippen molar-refractivity contribution >= 4 is 37.7 Å². The number of carbonyl (C=O) groups is 1. The van der Waals surface area contributed by atoms with Crippen molar-refractivity contribution in [2.45, 2.75) is 11.8 Å². The van der Waals surface area contributed by atoms with E-state index in [9.17, 15) is 13.2 Å². The molecule has 2 rings (SSSR count). The zero-order chi connectivity index (χ0) is 15.6. The summed E-state index contributed by atoms with van der Waals surface area (Å²) in [6, 6.07) is 7.21. The molecule has 110 valence electrons. The van der Waals surface area contributed by atoms with Crippen LogP contribution in [-0.2, 0) is 10.0 Å². The molecule has 0 amide bonds. The van der Waals surface area contributed by atoms with Gasteiger partial charge in [-0.05, 0) is 52.7 Å². The largest absolute Gasteiger partial charge is 0.478 e. The number of hydrogen-bond donors (Lipinski definition) is 2. The first-order valence-electron chi connectivity index (χ1n) is 5.78. The molecule has 0 aliphatic rings. The highest BCUT2D eigenvalue weighted by Gasteiger charge is 2.19. The number of benzene rings is 1. The monoisotopic (exact) mass is 370 g/mol. The number of sulfonamides is 1. The zero-order valence-corrected chi connectivity index (χ0v) is 13.3. The highest BCUT2D eigenvalue weighted by Crippen LogP contribution is 2.23. The van der Waals surface area contributed by atoms with Crippen LogP contribution in [0.2, 0.25) is 0 Å². The average molecular weight is 371 g/mol. The van der Waals surface area contributed by atoms with Gasteiger partial charge in [-0.25, -0.2) is 18.2 Å². The first-order chi connectivity index (χ1) is 9.81. The molecule has 0 saturated heterocycles. The zero-order valence-electron chi connectivity index (χ0n) is 10.9. The number of aromatic carboxylic acids is 1. The SMILES string of the molecule is Cc1ccc(S(=O)(=O)Nc2ncccc2Br)cc1C(=O)O. The highest BCUT2D eigenvalue weighted by atomic mass is 79.9. The minimum atomic E-state index is -3.91. The van der Waals surface area contributed by atoms with E-state index >= 15 is 0 Å².